The first kappa shape index (κ1) is 20.6. The van der Waals surface area contributed by atoms with E-state index < -0.39 is 19.7 Å². The van der Waals surface area contributed by atoms with Crippen molar-refractivity contribution in [2.45, 2.75) is 0 Å². The molecule has 0 aromatic heterocycles. The van der Waals surface area contributed by atoms with Gasteiger partial charge >= 0.3 is 0 Å². The average Bonchev–Trinajstić information content (AvgIpc) is 2.38. The summed E-state index contributed by atoms with van der Waals surface area (Å²) in [7, 11) is -6.54. The van der Waals surface area contributed by atoms with Gasteiger partial charge in [0.1, 0.15) is 0 Å². The van der Waals surface area contributed by atoms with Crippen molar-refractivity contribution in [1.29, 1.82) is 0 Å². The summed E-state index contributed by atoms with van der Waals surface area (Å²) < 4.78 is 48.4. The molecule has 0 heterocycles. The van der Waals surface area contributed by atoms with Gasteiger partial charge in [0.15, 0.2) is 19.7 Å². The van der Waals surface area contributed by atoms with Crippen LogP contribution in [0.1, 0.15) is 0 Å². The van der Waals surface area contributed by atoms with Crippen LogP contribution >= 0.6 is 0 Å². The maximum Gasteiger partial charge on any atom is 0.173 e. The van der Waals surface area contributed by atoms with E-state index in [9.17, 15) is 16.8 Å². The summed E-state index contributed by atoms with van der Waals surface area (Å²) in [6.07, 6.45) is 0. The van der Waals surface area contributed by atoms with E-state index in [1.165, 1.54) is 0 Å². The Morgan fingerprint density at radius 1 is 0.842 bits per heavy atom. The van der Waals surface area contributed by atoms with Crippen molar-refractivity contribution in [1.82, 2.24) is 0 Å². The Labute approximate surface area is 114 Å². The van der Waals surface area contributed by atoms with Crippen LogP contribution < -0.4 is 0 Å². The molecule has 0 aromatic rings. The minimum Gasteiger partial charge on any atom is -0.394 e. The van der Waals surface area contributed by atoms with Gasteiger partial charge in [0, 0.05) is 10.8 Å². The molecule has 2 N–H and O–H groups in total. The molecule has 0 aliphatic carbocycles. The van der Waals surface area contributed by atoms with Crippen LogP contribution in [0.25, 0.3) is 0 Å². The molecular formula is C10H20O7S2. The highest BCUT2D eigenvalue weighted by atomic mass is 32.2. The van der Waals surface area contributed by atoms with E-state index in [-0.39, 0.29) is 37.9 Å². The maximum atomic E-state index is 10.9. The van der Waals surface area contributed by atoms with Gasteiger partial charge < -0.3 is 14.9 Å². The van der Waals surface area contributed by atoms with Crippen LogP contribution in [0.4, 0.5) is 0 Å². The molecule has 9 heteroatoms. The summed E-state index contributed by atoms with van der Waals surface area (Å²) in [5, 5.41) is 16.9. The monoisotopic (exact) mass is 316 g/mol. The third-order valence-corrected chi connectivity index (χ3v) is 4.12. The van der Waals surface area contributed by atoms with Crippen molar-refractivity contribution in [3.05, 3.63) is 24.0 Å². The van der Waals surface area contributed by atoms with Crippen LogP contribution in [0.15, 0.2) is 24.0 Å². The molecule has 0 aliphatic rings. The van der Waals surface area contributed by atoms with Crippen molar-refractivity contribution in [2.75, 3.05) is 37.9 Å². The lowest BCUT2D eigenvalue weighted by atomic mass is 10.8. The highest BCUT2D eigenvalue weighted by Gasteiger charge is 2.06. The Kier molecular flexibility index (Phi) is 12.0. The number of hydrogen-bond acceptors (Lipinski definition) is 7. The molecule has 0 radical (unpaired) electrons. The molecular weight excluding hydrogens is 296 g/mol. The first-order valence-electron chi connectivity index (χ1n) is 5.24. The lowest BCUT2D eigenvalue weighted by molar-refractivity contribution is 0.165. The molecule has 0 fully saturated rings. The zero-order valence-electron chi connectivity index (χ0n) is 10.6. The van der Waals surface area contributed by atoms with Crippen LogP contribution in [0.2, 0.25) is 0 Å². The van der Waals surface area contributed by atoms with E-state index in [2.05, 4.69) is 13.2 Å². The quantitative estimate of drug-likeness (QED) is 0.529. The number of sulfone groups is 2. The highest BCUT2D eigenvalue weighted by Crippen LogP contribution is 1.93. The van der Waals surface area contributed by atoms with E-state index in [1.807, 2.05) is 0 Å². The summed E-state index contributed by atoms with van der Waals surface area (Å²) >= 11 is 0. The van der Waals surface area contributed by atoms with E-state index in [4.69, 9.17) is 14.9 Å². The second-order valence-corrected chi connectivity index (χ2v) is 7.26. The van der Waals surface area contributed by atoms with E-state index in [0.29, 0.717) is 0 Å². The summed E-state index contributed by atoms with van der Waals surface area (Å²) in [5.74, 6) is -0.380. The van der Waals surface area contributed by atoms with E-state index >= 15 is 0 Å². The van der Waals surface area contributed by atoms with E-state index in [1.54, 1.807) is 0 Å². The topological polar surface area (TPSA) is 118 Å². The maximum absolute atomic E-state index is 10.9. The van der Waals surface area contributed by atoms with Crippen LogP contribution in [-0.4, -0.2) is 65.0 Å². The zero-order chi connectivity index (χ0) is 15.4. The first-order valence-corrected chi connectivity index (χ1v) is 8.67. The fraction of sp³-hybridized carbons (Fsp3) is 0.600. The van der Waals surface area contributed by atoms with Gasteiger partial charge in [0.2, 0.25) is 0 Å². The Balaban J connectivity index is 0. The molecule has 114 valence electrons. The molecule has 0 spiro atoms. The van der Waals surface area contributed by atoms with Gasteiger partial charge in [-0.3, -0.25) is 0 Å². The van der Waals surface area contributed by atoms with Crippen molar-refractivity contribution >= 4 is 19.7 Å². The lowest BCUT2D eigenvalue weighted by Gasteiger charge is -2.02. The second kappa shape index (κ2) is 11.1. The normalized spacial score (nSPS) is 11.3. The number of hydrogen-bond donors (Lipinski definition) is 2. The SMILES string of the molecule is C=CS(=O)(=O)CCOCCS(=O)(=O)C=C.OCCO. The number of rotatable bonds is 9. The minimum atomic E-state index is -3.27. The fourth-order valence-corrected chi connectivity index (χ4v) is 1.65. The summed E-state index contributed by atoms with van der Waals surface area (Å²) in [6, 6.07) is 0. The van der Waals surface area contributed by atoms with E-state index in [0.717, 1.165) is 10.8 Å². The van der Waals surface area contributed by atoms with Gasteiger partial charge in [-0.25, -0.2) is 16.8 Å². The highest BCUT2D eigenvalue weighted by molar-refractivity contribution is 7.94. The first-order chi connectivity index (χ1) is 8.74. The predicted molar refractivity (Wildman–Crippen MR) is 73.0 cm³/mol. The average molecular weight is 316 g/mol. The molecule has 0 aliphatic heterocycles. The molecule has 0 saturated carbocycles. The molecule has 0 atom stereocenters. The lowest BCUT2D eigenvalue weighted by Crippen LogP contribution is -2.14. The van der Waals surface area contributed by atoms with Gasteiger partial charge in [-0.2, -0.15) is 0 Å². The molecule has 19 heavy (non-hydrogen) atoms. The Morgan fingerprint density at radius 3 is 1.37 bits per heavy atom. The van der Waals surface area contributed by atoms with Crippen LogP contribution in [-0.2, 0) is 24.4 Å². The number of ether oxygens (including phenoxy) is 1. The third kappa shape index (κ3) is 15.2. The van der Waals surface area contributed by atoms with Crippen LogP contribution in [0.3, 0.4) is 0 Å². The third-order valence-electron chi connectivity index (χ3n) is 1.63. The standard InChI is InChI=1S/C8H14O5S2.C2H6O2/c1-3-14(9,10)7-5-13-6-8-15(11,12)4-2;3-1-2-4/h3-4H,1-2,5-8H2;3-4H,1-2H2. The minimum absolute atomic E-state index is 0.0407. The van der Waals surface area contributed by atoms with Gasteiger partial charge in [-0.15, -0.1) is 0 Å². The summed E-state index contributed by atoms with van der Waals surface area (Å²) in [5.41, 5.74) is 0. The van der Waals surface area contributed by atoms with Gasteiger partial charge in [0.25, 0.3) is 0 Å². The smallest absolute Gasteiger partial charge is 0.173 e. The fourth-order valence-electron chi connectivity index (χ4n) is 0.619. The Morgan fingerprint density at radius 2 is 1.16 bits per heavy atom. The van der Waals surface area contributed by atoms with Gasteiger partial charge in [0.05, 0.1) is 37.9 Å². The van der Waals surface area contributed by atoms with Crippen LogP contribution in [0, 0.1) is 0 Å². The summed E-state index contributed by atoms with van der Waals surface area (Å²) in [4.78, 5) is 0. The Bertz CT molecular complexity index is 394. The molecule has 0 aromatic carbocycles. The zero-order valence-corrected chi connectivity index (χ0v) is 12.2. The Hall–Kier alpha value is -0.740. The van der Waals surface area contributed by atoms with Gasteiger partial charge in [-0.1, -0.05) is 13.2 Å². The number of aliphatic hydroxyl groups excluding tert-OH is 2. The van der Waals surface area contributed by atoms with Crippen molar-refractivity contribution in [3.63, 3.8) is 0 Å². The summed E-state index contributed by atoms with van der Waals surface area (Å²) in [6.45, 7) is 5.93. The molecule has 0 rings (SSSR count). The second-order valence-electron chi connectivity index (χ2n) is 3.13. The van der Waals surface area contributed by atoms with Crippen molar-refractivity contribution < 1.29 is 31.8 Å². The largest absolute Gasteiger partial charge is 0.394 e. The van der Waals surface area contributed by atoms with Crippen molar-refractivity contribution in [3.8, 4) is 0 Å². The molecule has 0 saturated heterocycles. The molecule has 0 bridgehead atoms. The van der Waals surface area contributed by atoms with Crippen molar-refractivity contribution in [2.24, 2.45) is 0 Å². The molecule has 0 amide bonds. The predicted octanol–water partition coefficient (Wildman–Crippen LogP) is -0.909. The van der Waals surface area contributed by atoms with Gasteiger partial charge in [-0.05, 0) is 0 Å². The number of aliphatic hydroxyl groups is 2. The van der Waals surface area contributed by atoms with Crippen LogP contribution in [0.5, 0.6) is 0 Å². The molecule has 0 unspecified atom stereocenters. The molecule has 7 nitrogen and oxygen atoms in total.